The Hall–Kier alpha value is -0.900. The molecule has 1 rings (SSSR count). The van der Waals surface area contributed by atoms with Gasteiger partial charge in [-0.05, 0) is 53.9 Å². The molecule has 0 aromatic heterocycles. The average molecular weight is 330 g/mol. The van der Waals surface area contributed by atoms with Gasteiger partial charge in [0, 0.05) is 18.2 Å². The molecule has 1 aromatic carbocycles. The molecule has 0 saturated heterocycles. The maximum absolute atomic E-state index is 13.3. The van der Waals surface area contributed by atoms with Crippen LogP contribution in [-0.4, -0.2) is 11.9 Å². The molecule has 0 bridgehead atoms. The normalized spacial score (nSPS) is 12.3. The van der Waals surface area contributed by atoms with Crippen LogP contribution < -0.4 is 4.90 Å². The van der Waals surface area contributed by atoms with Crippen LogP contribution in [0, 0.1) is 5.82 Å². The summed E-state index contributed by atoms with van der Waals surface area (Å²) >= 11 is 3.18. The molecule has 2 nitrogen and oxygen atoms in total. The third kappa shape index (κ3) is 4.30. The number of hydrogen-bond acceptors (Lipinski definition) is 1. The Labute approximate surface area is 123 Å². The van der Waals surface area contributed by atoms with Crippen molar-refractivity contribution >= 4 is 27.5 Å². The number of benzene rings is 1. The highest BCUT2D eigenvalue weighted by Gasteiger charge is 2.21. The first-order chi connectivity index (χ1) is 9.01. The molecule has 0 saturated carbocycles. The Kier molecular flexibility index (Phi) is 6.49. The average Bonchev–Trinajstić information content (AvgIpc) is 2.34. The summed E-state index contributed by atoms with van der Waals surface area (Å²) in [5, 5.41) is 0. The van der Waals surface area contributed by atoms with Crippen molar-refractivity contribution in [3.05, 3.63) is 28.5 Å². The van der Waals surface area contributed by atoms with E-state index < -0.39 is 0 Å². The molecule has 1 amide bonds. The Balaban J connectivity index is 3.07. The lowest BCUT2D eigenvalue weighted by atomic mass is 10.1. The van der Waals surface area contributed by atoms with Crippen LogP contribution in [0.25, 0.3) is 0 Å². The van der Waals surface area contributed by atoms with Crippen molar-refractivity contribution in [1.29, 1.82) is 0 Å². The molecular formula is C15H21BrFNO. The molecule has 0 spiro atoms. The first-order valence-corrected chi connectivity index (χ1v) is 7.57. The number of amides is 1. The van der Waals surface area contributed by atoms with Crippen molar-refractivity contribution in [3.63, 3.8) is 0 Å². The summed E-state index contributed by atoms with van der Waals surface area (Å²) in [6, 6.07) is 4.86. The first-order valence-electron chi connectivity index (χ1n) is 6.78. The zero-order valence-corrected chi connectivity index (χ0v) is 13.3. The summed E-state index contributed by atoms with van der Waals surface area (Å²) in [6.07, 6.45) is 3.28. The number of anilines is 1. The van der Waals surface area contributed by atoms with Gasteiger partial charge in [0.2, 0.25) is 5.91 Å². The molecule has 0 heterocycles. The van der Waals surface area contributed by atoms with Crippen LogP contribution in [0.15, 0.2) is 22.7 Å². The molecule has 0 fully saturated rings. The molecule has 0 aliphatic rings. The van der Waals surface area contributed by atoms with E-state index in [4.69, 9.17) is 0 Å². The molecule has 0 N–H and O–H groups in total. The maximum Gasteiger partial charge on any atom is 0.227 e. The Bertz CT molecular complexity index is 436. The van der Waals surface area contributed by atoms with E-state index in [1.54, 1.807) is 17.0 Å². The molecule has 0 aliphatic carbocycles. The first kappa shape index (κ1) is 16.2. The van der Waals surface area contributed by atoms with Gasteiger partial charge in [0.05, 0.1) is 4.47 Å². The van der Waals surface area contributed by atoms with E-state index in [9.17, 15) is 9.18 Å². The third-order valence-corrected chi connectivity index (χ3v) is 3.67. The standard InChI is InChI=1S/C15H21BrFNO/c1-4-6-11(3)18(15(19)7-5-2)12-8-9-14(17)13(16)10-12/h8-11H,4-7H2,1-3H3. The largest absolute Gasteiger partial charge is 0.310 e. The van der Waals surface area contributed by atoms with Gasteiger partial charge in [-0.3, -0.25) is 4.79 Å². The molecule has 1 unspecified atom stereocenters. The monoisotopic (exact) mass is 329 g/mol. The molecule has 0 radical (unpaired) electrons. The lowest BCUT2D eigenvalue weighted by Crippen LogP contribution is -2.38. The lowest BCUT2D eigenvalue weighted by molar-refractivity contribution is -0.119. The van der Waals surface area contributed by atoms with Crippen LogP contribution in [0.1, 0.15) is 46.5 Å². The van der Waals surface area contributed by atoms with Crippen LogP contribution >= 0.6 is 15.9 Å². The van der Waals surface area contributed by atoms with Crippen molar-refractivity contribution < 1.29 is 9.18 Å². The van der Waals surface area contributed by atoms with Crippen molar-refractivity contribution in [3.8, 4) is 0 Å². The van der Waals surface area contributed by atoms with E-state index in [1.165, 1.54) is 6.07 Å². The van der Waals surface area contributed by atoms with Gasteiger partial charge in [0.1, 0.15) is 5.82 Å². The molecule has 19 heavy (non-hydrogen) atoms. The summed E-state index contributed by atoms with van der Waals surface area (Å²) in [7, 11) is 0. The van der Waals surface area contributed by atoms with Gasteiger partial charge in [-0.2, -0.15) is 0 Å². The fourth-order valence-corrected chi connectivity index (χ4v) is 2.53. The van der Waals surface area contributed by atoms with E-state index in [0.29, 0.717) is 10.9 Å². The fourth-order valence-electron chi connectivity index (χ4n) is 2.16. The highest BCUT2D eigenvalue weighted by Crippen LogP contribution is 2.26. The number of nitrogens with zero attached hydrogens (tertiary/aromatic N) is 1. The number of carbonyl (C=O) groups is 1. The minimum Gasteiger partial charge on any atom is -0.310 e. The fraction of sp³-hybridized carbons (Fsp3) is 0.533. The van der Waals surface area contributed by atoms with Gasteiger partial charge in [-0.25, -0.2) is 4.39 Å². The maximum atomic E-state index is 13.3. The van der Waals surface area contributed by atoms with E-state index in [-0.39, 0.29) is 17.8 Å². The summed E-state index contributed by atoms with van der Waals surface area (Å²) in [5.74, 6) is -0.211. The Morgan fingerprint density at radius 2 is 2.05 bits per heavy atom. The van der Waals surface area contributed by atoms with Crippen LogP contribution in [0.5, 0.6) is 0 Å². The van der Waals surface area contributed by atoms with Crippen LogP contribution in [0.3, 0.4) is 0 Å². The minimum absolute atomic E-state index is 0.0990. The van der Waals surface area contributed by atoms with Gasteiger partial charge in [0.25, 0.3) is 0 Å². The van der Waals surface area contributed by atoms with Crippen molar-refractivity contribution in [2.75, 3.05) is 4.90 Å². The second-order valence-corrected chi connectivity index (χ2v) is 5.60. The zero-order valence-electron chi connectivity index (χ0n) is 11.7. The van der Waals surface area contributed by atoms with Crippen molar-refractivity contribution in [2.45, 2.75) is 52.5 Å². The van der Waals surface area contributed by atoms with Gasteiger partial charge in [-0.1, -0.05) is 20.3 Å². The van der Waals surface area contributed by atoms with Crippen LogP contribution in [-0.2, 0) is 4.79 Å². The molecule has 1 atom stereocenters. The van der Waals surface area contributed by atoms with Gasteiger partial charge in [0.15, 0.2) is 0 Å². The molecule has 4 heteroatoms. The highest BCUT2D eigenvalue weighted by atomic mass is 79.9. The Morgan fingerprint density at radius 3 is 2.58 bits per heavy atom. The van der Waals surface area contributed by atoms with E-state index in [0.717, 1.165) is 24.9 Å². The molecule has 106 valence electrons. The second kappa shape index (κ2) is 7.63. The third-order valence-electron chi connectivity index (χ3n) is 3.06. The summed E-state index contributed by atoms with van der Waals surface area (Å²) in [4.78, 5) is 14.1. The summed E-state index contributed by atoms with van der Waals surface area (Å²) in [5.41, 5.74) is 0.757. The topological polar surface area (TPSA) is 20.3 Å². The van der Waals surface area contributed by atoms with Gasteiger partial charge in [-0.15, -0.1) is 0 Å². The van der Waals surface area contributed by atoms with Crippen molar-refractivity contribution in [1.82, 2.24) is 0 Å². The number of carbonyl (C=O) groups excluding carboxylic acids is 1. The van der Waals surface area contributed by atoms with Crippen LogP contribution in [0.2, 0.25) is 0 Å². The van der Waals surface area contributed by atoms with E-state index in [2.05, 4.69) is 22.9 Å². The minimum atomic E-state index is -0.310. The Morgan fingerprint density at radius 1 is 1.37 bits per heavy atom. The second-order valence-electron chi connectivity index (χ2n) is 4.75. The zero-order chi connectivity index (χ0) is 14.4. The number of hydrogen-bond donors (Lipinski definition) is 0. The molecule has 0 aliphatic heterocycles. The van der Waals surface area contributed by atoms with Gasteiger partial charge < -0.3 is 4.90 Å². The quantitative estimate of drug-likeness (QED) is 0.726. The van der Waals surface area contributed by atoms with Crippen LogP contribution in [0.4, 0.5) is 10.1 Å². The highest BCUT2D eigenvalue weighted by molar-refractivity contribution is 9.10. The van der Waals surface area contributed by atoms with E-state index in [1.807, 2.05) is 13.8 Å². The predicted octanol–water partition coefficient (Wildman–Crippen LogP) is 4.91. The SMILES string of the molecule is CCCC(=O)N(c1ccc(F)c(Br)c1)C(C)CCC. The smallest absolute Gasteiger partial charge is 0.227 e. The van der Waals surface area contributed by atoms with Crippen molar-refractivity contribution in [2.24, 2.45) is 0 Å². The molecule has 1 aromatic rings. The number of halogens is 2. The molecular weight excluding hydrogens is 309 g/mol. The summed E-state index contributed by atoms with van der Waals surface area (Å²) in [6.45, 7) is 6.12. The number of rotatable bonds is 6. The summed E-state index contributed by atoms with van der Waals surface area (Å²) < 4.78 is 13.7. The lowest BCUT2D eigenvalue weighted by Gasteiger charge is -2.29. The van der Waals surface area contributed by atoms with Gasteiger partial charge >= 0.3 is 0 Å². The van der Waals surface area contributed by atoms with E-state index >= 15 is 0 Å². The predicted molar refractivity (Wildman–Crippen MR) is 80.9 cm³/mol.